The van der Waals surface area contributed by atoms with Crippen LogP contribution in [0.25, 0.3) is 65.9 Å². The molecule has 1 unspecified atom stereocenters. The number of benzene rings is 6. The Labute approximate surface area is 417 Å². The third-order valence-electron chi connectivity index (χ3n) is 10.8. The summed E-state index contributed by atoms with van der Waals surface area (Å²) >= 11 is 27.1. The Morgan fingerprint density at radius 1 is 0.588 bits per heavy atom. The molecule has 68 heavy (non-hydrogen) atoms. The second-order valence-electron chi connectivity index (χ2n) is 15.1. The van der Waals surface area contributed by atoms with E-state index >= 15 is 0 Å². The number of aromatic carboxylic acids is 2. The number of nitrogens with one attached hydrogen (secondary N) is 1. The van der Waals surface area contributed by atoms with E-state index in [1.165, 1.54) is 41.9 Å². The van der Waals surface area contributed by atoms with Gasteiger partial charge in [0.1, 0.15) is 10.0 Å². The van der Waals surface area contributed by atoms with E-state index in [-0.39, 0.29) is 23.1 Å². The molecule has 2 aromatic heterocycles. The van der Waals surface area contributed by atoms with E-state index in [0.717, 1.165) is 39.5 Å². The number of carbonyl (C=O) groups excluding carboxylic acids is 2. The molecule has 0 radical (unpaired) electrons. The summed E-state index contributed by atoms with van der Waals surface area (Å²) in [6, 6.07) is 34.5. The van der Waals surface area contributed by atoms with E-state index in [1.54, 1.807) is 84.9 Å². The molecule has 1 saturated heterocycles. The Balaban J connectivity index is 0.000000185. The van der Waals surface area contributed by atoms with Crippen molar-refractivity contribution in [3.05, 3.63) is 174 Å². The average Bonchev–Trinajstić information content (AvgIpc) is 4.17. The van der Waals surface area contributed by atoms with E-state index in [1.807, 2.05) is 35.0 Å². The lowest BCUT2D eigenvalue weighted by Crippen LogP contribution is -2.34. The normalized spacial score (nSPS) is 13.0. The van der Waals surface area contributed by atoms with Crippen LogP contribution < -0.4 is 5.32 Å². The molecule has 1 aliphatic rings. The highest BCUT2D eigenvalue weighted by Crippen LogP contribution is 2.37. The van der Waals surface area contributed by atoms with Crippen molar-refractivity contribution in [1.82, 2.24) is 15.3 Å². The van der Waals surface area contributed by atoms with Crippen LogP contribution in [0.15, 0.2) is 132 Å². The van der Waals surface area contributed by atoms with Crippen molar-refractivity contribution in [3.8, 4) is 65.9 Å². The first kappa shape index (κ1) is 48.1. The quantitative estimate of drug-likeness (QED) is 0.106. The summed E-state index contributed by atoms with van der Waals surface area (Å²) in [7, 11) is 1.32. The number of esters is 1. The fraction of sp³-hybridized carbons (Fsp3) is 0.0980. The summed E-state index contributed by atoms with van der Waals surface area (Å²) in [6.07, 6.45) is 0.798. The van der Waals surface area contributed by atoms with Crippen LogP contribution in [-0.2, 0) is 9.47 Å². The van der Waals surface area contributed by atoms with Crippen LogP contribution >= 0.6 is 69.1 Å². The van der Waals surface area contributed by atoms with Gasteiger partial charge in [-0.15, -0.1) is 22.7 Å². The molecule has 17 heteroatoms. The van der Waals surface area contributed by atoms with Crippen LogP contribution in [0.3, 0.4) is 0 Å². The van der Waals surface area contributed by atoms with Gasteiger partial charge in [0.15, 0.2) is 0 Å². The van der Waals surface area contributed by atoms with Gasteiger partial charge in [0.05, 0.1) is 67.9 Å². The molecule has 11 nitrogen and oxygen atoms in total. The van der Waals surface area contributed by atoms with Crippen LogP contribution in [-0.4, -0.2) is 70.4 Å². The molecule has 3 heterocycles. The Kier molecular flexibility index (Phi) is 15.0. The minimum absolute atomic E-state index is 0.0198. The number of carboxylic acids is 2. The molecule has 0 saturated carbocycles. The molecule has 9 rings (SSSR count). The van der Waals surface area contributed by atoms with Crippen molar-refractivity contribution in [2.45, 2.75) is 12.5 Å². The molecule has 8 aromatic rings. The number of thiazole rings is 2. The van der Waals surface area contributed by atoms with Crippen LogP contribution in [0.1, 0.15) is 47.9 Å². The van der Waals surface area contributed by atoms with Crippen LogP contribution in [0, 0.1) is 0 Å². The maximum Gasteiger partial charge on any atom is 0.338 e. The summed E-state index contributed by atoms with van der Waals surface area (Å²) in [4.78, 5) is 57.6. The maximum absolute atomic E-state index is 12.5. The molecule has 1 aliphatic heterocycles. The zero-order valence-corrected chi connectivity index (χ0v) is 40.1. The number of aromatic nitrogens is 2. The standard InChI is InChI=1S/C27H20Cl2N2O4S.C24H15Cl2NO4S/c28-22-8-6-17(12-23(22)29)24-14-36-26(31-24)18-5-7-20(21(11-18)27(33)34)15-1-3-16(4-2-15)25(32)30-19-9-10-35-13-19;1-31-24(30)18-10-16(6-8-17(18)13-2-4-14(5-3-13)23(28)29)22-27-21(12-32-22)15-7-9-19(25)20(26)11-15/h1-8,11-12,14,19H,9-10,13H2,(H,30,32)(H,33,34);2-12H,1H3,(H,28,29). The second-order valence-corrected chi connectivity index (χ2v) is 18.5. The smallest absolute Gasteiger partial charge is 0.338 e. The maximum atomic E-state index is 12.5. The van der Waals surface area contributed by atoms with Crippen molar-refractivity contribution < 1.29 is 38.9 Å². The van der Waals surface area contributed by atoms with Gasteiger partial charge in [0.25, 0.3) is 5.91 Å². The SMILES string of the molecule is COC(=O)c1cc(-c2nc(-c3ccc(Cl)c(Cl)c3)cs2)ccc1-c1ccc(C(=O)O)cc1.O=C(NC1CCOC1)c1ccc(-c2ccc(-c3nc(-c4ccc(Cl)c(Cl)c4)cs3)cc2C(=O)O)cc1. The number of ether oxygens (including phenoxy) is 2. The van der Waals surface area contributed by atoms with Gasteiger partial charge in [-0.05, 0) is 89.3 Å². The summed E-state index contributed by atoms with van der Waals surface area (Å²) in [6.45, 7) is 1.17. The molecule has 6 aromatic carbocycles. The van der Waals surface area contributed by atoms with Gasteiger partial charge in [0, 0.05) is 45.2 Å². The van der Waals surface area contributed by atoms with E-state index in [4.69, 9.17) is 61.0 Å². The zero-order valence-electron chi connectivity index (χ0n) is 35.5. The molecule has 0 aliphatic carbocycles. The highest BCUT2D eigenvalue weighted by Gasteiger charge is 2.21. The minimum atomic E-state index is -1.05. The fourth-order valence-electron chi connectivity index (χ4n) is 7.21. The van der Waals surface area contributed by atoms with Gasteiger partial charge in [0.2, 0.25) is 0 Å². The van der Waals surface area contributed by atoms with Crippen molar-refractivity contribution in [2.24, 2.45) is 0 Å². The number of rotatable bonds is 11. The van der Waals surface area contributed by atoms with Gasteiger partial charge in [-0.3, -0.25) is 4.79 Å². The van der Waals surface area contributed by atoms with Gasteiger partial charge < -0.3 is 25.0 Å². The molecular weight excluding hydrogens is 989 g/mol. The number of nitrogens with zero attached hydrogens (tertiary/aromatic N) is 2. The van der Waals surface area contributed by atoms with Crippen molar-refractivity contribution in [1.29, 1.82) is 0 Å². The number of carboxylic acid groups (broad SMARTS) is 2. The zero-order chi connectivity index (χ0) is 48.1. The number of methoxy groups -OCH3 is 1. The number of halogens is 4. The van der Waals surface area contributed by atoms with Crippen LogP contribution in [0.2, 0.25) is 20.1 Å². The molecule has 3 N–H and O–H groups in total. The lowest BCUT2D eigenvalue weighted by Gasteiger charge is -2.12. The molecule has 342 valence electrons. The summed E-state index contributed by atoms with van der Waals surface area (Å²) in [5.41, 5.74) is 8.39. The molecule has 0 spiro atoms. The van der Waals surface area contributed by atoms with E-state index < -0.39 is 17.9 Å². The topological polar surface area (TPSA) is 165 Å². The predicted octanol–water partition coefficient (Wildman–Crippen LogP) is 13.6. The van der Waals surface area contributed by atoms with E-state index in [0.29, 0.717) is 77.3 Å². The van der Waals surface area contributed by atoms with Crippen molar-refractivity contribution in [3.63, 3.8) is 0 Å². The highest BCUT2D eigenvalue weighted by molar-refractivity contribution is 7.13. The fourth-order valence-corrected chi connectivity index (χ4v) is 9.46. The monoisotopic (exact) mass is 1020 g/mol. The summed E-state index contributed by atoms with van der Waals surface area (Å²) < 4.78 is 10.3. The first-order valence-electron chi connectivity index (χ1n) is 20.5. The van der Waals surface area contributed by atoms with Gasteiger partial charge in [-0.2, -0.15) is 0 Å². The lowest BCUT2D eigenvalue weighted by molar-refractivity contribution is 0.0599. The van der Waals surface area contributed by atoms with Crippen LogP contribution in [0.4, 0.5) is 0 Å². The van der Waals surface area contributed by atoms with Gasteiger partial charge in [-0.1, -0.05) is 107 Å². The average molecular weight is 1020 g/mol. The number of hydrogen-bond donors (Lipinski definition) is 3. The van der Waals surface area contributed by atoms with Crippen molar-refractivity contribution in [2.75, 3.05) is 20.3 Å². The highest BCUT2D eigenvalue weighted by atomic mass is 35.5. The minimum Gasteiger partial charge on any atom is -0.478 e. The molecular formula is C51H35Cl4N3O8S2. The second kappa shape index (κ2) is 21.3. The molecule has 1 fully saturated rings. The van der Waals surface area contributed by atoms with Gasteiger partial charge >= 0.3 is 17.9 Å². The first-order chi connectivity index (χ1) is 32.8. The summed E-state index contributed by atoms with van der Waals surface area (Å²) in [5.74, 6) is -2.73. The summed E-state index contributed by atoms with van der Waals surface area (Å²) in [5, 5.41) is 29.0. The van der Waals surface area contributed by atoms with E-state index in [9.17, 15) is 24.3 Å². The largest absolute Gasteiger partial charge is 0.478 e. The van der Waals surface area contributed by atoms with Crippen LogP contribution in [0.5, 0.6) is 0 Å². The molecule has 1 amide bonds. The third-order valence-corrected chi connectivity index (χ3v) is 14.0. The van der Waals surface area contributed by atoms with Crippen molar-refractivity contribution >= 4 is 92.9 Å². The third kappa shape index (κ3) is 11.0. The Morgan fingerprint density at radius 3 is 1.51 bits per heavy atom. The molecule has 1 atom stereocenters. The predicted molar refractivity (Wildman–Crippen MR) is 269 cm³/mol. The number of amides is 1. The lowest BCUT2D eigenvalue weighted by atomic mass is 9.96. The number of carbonyl (C=O) groups is 4. The Bertz CT molecular complexity index is 3210. The van der Waals surface area contributed by atoms with E-state index in [2.05, 4.69) is 15.3 Å². The van der Waals surface area contributed by atoms with Gasteiger partial charge in [-0.25, -0.2) is 24.4 Å². The molecule has 0 bridgehead atoms. The Morgan fingerprint density at radius 2 is 1.06 bits per heavy atom. The number of hydrogen-bond acceptors (Lipinski definition) is 10. The Hall–Kier alpha value is -6.42. The first-order valence-corrected chi connectivity index (χ1v) is 23.8.